The van der Waals surface area contributed by atoms with Crippen molar-refractivity contribution in [2.24, 2.45) is 0 Å². The molecule has 3 nitrogen and oxygen atoms in total. The number of aromatic nitrogens is 2. The number of hydrogen-bond donors (Lipinski definition) is 0. The number of hydrogen-bond acceptors (Lipinski definition) is 2. The molecule has 0 aliphatic carbocycles. The van der Waals surface area contributed by atoms with Crippen molar-refractivity contribution in [3.63, 3.8) is 0 Å². The predicted molar refractivity (Wildman–Crippen MR) is 104 cm³/mol. The minimum Gasteiger partial charge on any atom is -0.494 e. The van der Waals surface area contributed by atoms with Crippen LogP contribution in [0.2, 0.25) is 0 Å². The smallest absolute Gasteiger partial charge is 0.119 e. The van der Waals surface area contributed by atoms with Gasteiger partial charge in [-0.3, -0.25) is 0 Å². The fourth-order valence-corrected chi connectivity index (χ4v) is 3.14. The SMILES string of the molecule is Cc1ccc(OCCCCn2c(C(C)C)nc3ccccc32)cc1C. The maximum absolute atomic E-state index is 5.90. The van der Waals surface area contributed by atoms with Gasteiger partial charge in [-0.05, 0) is 62.1 Å². The van der Waals surface area contributed by atoms with Gasteiger partial charge in [0.15, 0.2) is 0 Å². The standard InChI is InChI=1S/C22H28N2O/c1-16(2)22-23-20-9-5-6-10-21(20)24(22)13-7-8-14-25-19-12-11-17(3)18(4)15-19/h5-6,9-12,15-16H,7-8,13-14H2,1-4H3. The van der Waals surface area contributed by atoms with Crippen molar-refractivity contribution in [1.82, 2.24) is 9.55 Å². The lowest BCUT2D eigenvalue weighted by Gasteiger charge is -2.12. The second-order valence-electron chi connectivity index (χ2n) is 7.07. The molecule has 1 aromatic heterocycles. The van der Waals surface area contributed by atoms with Crippen molar-refractivity contribution >= 4 is 11.0 Å². The van der Waals surface area contributed by atoms with Gasteiger partial charge in [-0.1, -0.05) is 32.0 Å². The molecule has 0 unspecified atom stereocenters. The summed E-state index contributed by atoms with van der Waals surface area (Å²) in [5.74, 6) is 2.58. The molecule has 0 radical (unpaired) electrons. The first kappa shape index (κ1) is 17.5. The zero-order chi connectivity index (χ0) is 17.8. The lowest BCUT2D eigenvalue weighted by molar-refractivity contribution is 0.303. The molecule has 0 saturated heterocycles. The van der Waals surface area contributed by atoms with Crippen LogP contribution in [-0.4, -0.2) is 16.2 Å². The van der Waals surface area contributed by atoms with Crippen molar-refractivity contribution in [3.8, 4) is 5.75 Å². The van der Waals surface area contributed by atoms with Crippen molar-refractivity contribution in [2.45, 2.75) is 53.0 Å². The molecule has 0 amide bonds. The van der Waals surface area contributed by atoms with Crippen molar-refractivity contribution in [2.75, 3.05) is 6.61 Å². The molecular formula is C22H28N2O. The summed E-state index contributed by atoms with van der Waals surface area (Å²) < 4.78 is 8.27. The quantitative estimate of drug-likeness (QED) is 0.522. The van der Waals surface area contributed by atoms with Crippen LogP contribution in [0, 0.1) is 13.8 Å². The summed E-state index contributed by atoms with van der Waals surface area (Å²) in [5, 5.41) is 0. The van der Waals surface area contributed by atoms with E-state index in [4.69, 9.17) is 9.72 Å². The van der Waals surface area contributed by atoms with Crippen LogP contribution >= 0.6 is 0 Å². The molecule has 0 aliphatic rings. The topological polar surface area (TPSA) is 27.1 Å². The molecule has 2 aromatic carbocycles. The molecule has 0 aliphatic heterocycles. The largest absolute Gasteiger partial charge is 0.494 e. The lowest BCUT2D eigenvalue weighted by Crippen LogP contribution is -2.07. The summed E-state index contributed by atoms with van der Waals surface area (Å²) in [6.07, 6.45) is 2.13. The Morgan fingerprint density at radius 1 is 1.00 bits per heavy atom. The van der Waals surface area contributed by atoms with E-state index in [9.17, 15) is 0 Å². The van der Waals surface area contributed by atoms with E-state index in [0.29, 0.717) is 5.92 Å². The molecule has 25 heavy (non-hydrogen) atoms. The van der Waals surface area contributed by atoms with Crippen LogP contribution in [0.5, 0.6) is 5.75 Å². The number of benzene rings is 2. The third-order valence-corrected chi connectivity index (χ3v) is 4.72. The van der Waals surface area contributed by atoms with Gasteiger partial charge in [-0.15, -0.1) is 0 Å². The van der Waals surface area contributed by atoms with E-state index in [-0.39, 0.29) is 0 Å². The van der Waals surface area contributed by atoms with Gasteiger partial charge in [-0.25, -0.2) is 4.98 Å². The van der Waals surface area contributed by atoms with E-state index in [0.717, 1.165) is 37.3 Å². The van der Waals surface area contributed by atoms with Gasteiger partial charge < -0.3 is 9.30 Å². The second kappa shape index (κ2) is 7.73. The third-order valence-electron chi connectivity index (χ3n) is 4.72. The van der Waals surface area contributed by atoms with Crippen LogP contribution in [0.1, 0.15) is 49.6 Å². The predicted octanol–water partition coefficient (Wildman–Crippen LogP) is 5.64. The summed E-state index contributed by atoms with van der Waals surface area (Å²) in [5.41, 5.74) is 4.92. The number of fused-ring (bicyclic) bond motifs is 1. The minimum absolute atomic E-state index is 0.430. The molecule has 132 valence electrons. The van der Waals surface area contributed by atoms with Crippen LogP contribution in [0.3, 0.4) is 0 Å². The van der Waals surface area contributed by atoms with E-state index in [1.165, 1.54) is 22.5 Å². The monoisotopic (exact) mass is 336 g/mol. The highest BCUT2D eigenvalue weighted by Gasteiger charge is 2.12. The Morgan fingerprint density at radius 2 is 1.80 bits per heavy atom. The Kier molecular flexibility index (Phi) is 5.42. The van der Waals surface area contributed by atoms with Gasteiger partial charge in [0.25, 0.3) is 0 Å². The average Bonchev–Trinajstić information content (AvgIpc) is 2.97. The molecule has 3 aromatic rings. The molecule has 1 heterocycles. The Labute approximate surface area is 150 Å². The van der Waals surface area contributed by atoms with E-state index < -0.39 is 0 Å². The summed E-state index contributed by atoms with van der Waals surface area (Å²) in [6.45, 7) is 10.4. The fraction of sp³-hybridized carbons (Fsp3) is 0.409. The van der Waals surface area contributed by atoms with E-state index >= 15 is 0 Å². The maximum Gasteiger partial charge on any atom is 0.119 e. The first-order valence-corrected chi connectivity index (χ1v) is 9.21. The number of unbranched alkanes of at least 4 members (excludes halogenated alkanes) is 1. The molecule has 0 atom stereocenters. The summed E-state index contributed by atoms with van der Waals surface area (Å²) in [4.78, 5) is 4.81. The van der Waals surface area contributed by atoms with E-state index in [2.05, 4.69) is 74.7 Å². The Bertz CT molecular complexity index is 848. The van der Waals surface area contributed by atoms with E-state index in [1.54, 1.807) is 0 Å². The number of nitrogens with zero attached hydrogens (tertiary/aromatic N) is 2. The fourth-order valence-electron chi connectivity index (χ4n) is 3.14. The first-order chi connectivity index (χ1) is 12.1. The van der Waals surface area contributed by atoms with Gasteiger partial charge in [0.1, 0.15) is 11.6 Å². The normalized spacial score (nSPS) is 11.4. The number of para-hydroxylation sites is 2. The van der Waals surface area contributed by atoms with Gasteiger partial charge in [0.05, 0.1) is 17.6 Å². The van der Waals surface area contributed by atoms with Gasteiger partial charge in [0.2, 0.25) is 0 Å². The molecule has 3 heteroatoms. The maximum atomic E-state index is 5.90. The molecular weight excluding hydrogens is 308 g/mol. The molecule has 3 rings (SSSR count). The lowest BCUT2D eigenvalue weighted by atomic mass is 10.1. The van der Waals surface area contributed by atoms with Gasteiger partial charge >= 0.3 is 0 Å². The Hall–Kier alpha value is -2.29. The van der Waals surface area contributed by atoms with Crippen molar-refractivity contribution in [1.29, 1.82) is 0 Å². The van der Waals surface area contributed by atoms with Crippen LogP contribution in [0.4, 0.5) is 0 Å². The zero-order valence-electron chi connectivity index (χ0n) is 15.7. The molecule has 0 bridgehead atoms. The van der Waals surface area contributed by atoms with Crippen LogP contribution in [-0.2, 0) is 6.54 Å². The molecule has 0 N–H and O–H groups in total. The number of aryl methyl sites for hydroxylation is 3. The van der Waals surface area contributed by atoms with Gasteiger partial charge in [0, 0.05) is 12.5 Å². The number of imidazole rings is 1. The van der Waals surface area contributed by atoms with Crippen LogP contribution < -0.4 is 4.74 Å². The minimum atomic E-state index is 0.430. The number of ether oxygens (including phenoxy) is 1. The molecule has 0 saturated carbocycles. The first-order valence-electron chi connectivity index (χ1n) is 9.21. The molecule has 0 spiro atoms. The Morgan fingerprint density at radius 3 is 2.56 bits per heavy atom. The Balaban J connectivity index is 1.58. The molecule has 0 fully saturated rings. The highest BCUT2D eigenvalue weighted by atomic mass is 16.5. The summed E-state index contributed by atoms with van der Waals surface area (Å²) in [6, 6.07) is 14.7. The average molecular weight is 336 g/mol. The van der Waals surface area contributed by atoms with Crippen molar-refractivity contribution in [3.05, 3.63) is 59.4 Å². The highest BCUT2D eigenvalue weighted by Crippen LogP contribution is 2.22. The highest BCUT2D eigenvalue weighted by molar-refractivity contribution is 5.76. The zero-order valence-corrected chi connectivity index (χ0v) is 15.7. The third kappa shape index (κ3) is 4.04. The van der Waals surface area contributed by atoms with E-state index in [1.807, 2.05) is 0 Å². The summed E-state index contributed by atoms with van der Waals surface area (Å²) in [7, 11) is 0. The van der Waals surface area contributed by atoms with Crippen LogP contribution in [0.15, 0.2) is 42.5 Å². The second-order valence-corrected chi connectivity index (χ2v) is 7.07. The number of rotatable bonds is 7. The summed E-state index contributed by atoms with van der Waals surface area (Å²) >= 11 is 0. The van der Waals surface area contributed by atoms with Crippen molar-refractivity contribution < 1.29 is 4.74 Å². The van der Waals surface area contributed by atoms with Crippen LogP contribution in [0.25, 0.3) is 11.0 Å². The van der Waals surface area contributed by atoms with Gasteiger partial charge in [-0.2, -0.15) is 0 Å².